The molecule has 3 aliphatic heterocycles. The smallest absolute Gasteiger partial charge is 0.319 e. The molecule has 3 fully saturated rings. The van der Waals surface area contributed by atoms with Crippen molar-refractivity contribution in [3.8, 4) is 23.2 Å². The molecule has 0 aliphatic carbocycles. The van der Waals surface area contributed by atoms with Crippen LogP contribution in [0.15, 0.2) is 18.2 Å². The quantitative estimate of drug-likeness (QED) is 0.255. The maximum atomic E-state index is 16.8. The van der Waals surface area contributed by atoms with Gasteiger partial charge in [0.1, 0.15) is 41.0 Å². The van der Waals surface area contributed by atoms with Crippen LogP contribution in [0.5, 0.6) is 6.01 Å². The molecule has 0 spiro atoms. The zero-order valence-electron chi connectivity index (χ0n) is 24.2. The van der Waals surface area contributed by atoms with Crippen LogP contribution in [0.1, 0.15) is 31.2 Å². The van der Waals surface area contributed by atoms with Crippen LogP contribution in [-0.4, -0.2) is 72.4 Å². The Labute approximate surface area is 265 Å². The van der Waals surface area contributed by atoms with E-state index in [1.54, 1.807) is 0 Å². The fourth-order valence-electron chi connectivity index (χ4n) is 7.18. The Morgan fingerprint density at radius 3 is 2.89 bits per heavy atom. The number of nitrogens with zero attached hydrogens (tertiary/aromatic N) is 5. The molecule has 14 heteroatoms. The second kappa shape index (κ2) is 11.2. The summed E-state index contributed by atoms with van der Waals surface area (Å²) in [6.07, 6.45) is 1.56. The first-order valence-electron chi connectivity index (χ1n) is 14.6. The van der Waals surface area contributed by atoms with Crippen LogP contribution in [0.2, 0.25) is 5.02 Å². The minimum absolute atomic E-state index is 0.00997. The van der Waals surface area contributed by atoms with Gasteiger partial charge in [-0.2, -0.15) is 15.2 Å². The molecule has 3 aliphatic rings. The van der Waals surface area contributed by atoms with E-state index >= 15 is 4.39 Å². The number of fused-ring (bicyclic) bond motifs is 3. The number of benzene rings is 2. The zero-order valence-corrected chi connectivity index (χ0v) is 25.8. The second-order valence-electron chi connectivity index (χ2n) is 11.8. The lowest BCUT2D eigenvalue weighted by atomic mass is 9.95. The lowest BCUT2D eigenvalue weighted by Gasteiger charge is -2.31. The molecular formula is C31H28ClF3N6O3S. The van der Waals surface area contributed by atoms with Crippen molar-refractivity contribution in [3.63, 3.8) is 0 Å². The van der Waals surface area contributed by atoms with Crippen molar-refractivity contribution in [3.05, 3.63) is 40.4 Å². The largest absolute Gasteiger partial charge is 0.469 e. The van der Waals surface area contributed by atoms with Crippen LogP contribution < -0.4 is 15.4 Å². The number of thiophene rings is 1. The molecule has 5 heterocycles. The first-order chi connectivity index (χ1) is 21.6. The van der Waals surface area contributed by atoms with Crippen molar-refractivity contribution in [2.75, 3.05) is 50.5 Å². The fraction of sp³-hybridized carbons (Fsp3) is 0.419. The summed E-state index contributed by atoms with van der Waals surface area (Å²) < 4.78 is 57.2. The van der Waals surface area contributed by atoms with Crippen LogP contribution in [0, 0.1) is 28.9 Å². The van der Waals surface area contributed by atoms with E-state index in [0.29, 0.717) is 31.7 Å². The highest BCUT2D eigenvalue weighted by molar-refractivity contribution is 7.23. The minimum atomic E-state index is -0.957. The standard InChI is InChI=1S/C31H28ClF3N6O3S/c1-43-29(42)15-5-8-40(12-15)28-18-9-20(32)23(17-3-4-21(34)26-22(17)19(11-36)27(37)45-26)24(35)25(18)38-30(39-28)44-14-31-6-2-7-41(31)13-16(33)10-31/h3-4,9,15-16H,2,5-8,10,12-14,37H2,1H3/t15?,16-,31+/m1/s1. The number of methoxy groups -OCH3 is 1. The predicted octanol–water partition coefficient (Wildman–Crippen LogP) is 5.85. The number of hydrogen-bond acceptors (Lipinski definition) is 10. The van der Waals surface area contributed by atoms with E-state index in [9.17, 15) is 18.8 Å². The third-order valence-corrected chi connectivity index (χ3v) is 10.6. The fourth-order valence-corrected chi connectivity index (χ4v) is 8.42. The first-order valence-corrected chi connectivity index (χ1v) is 15.8. The van der Waals surface area contributed by atoms with E-state index < -0.39 is 29.3 Å². The van der Waals surface area contributed by atoms with Gasteiger partial charge in [0.15, 0.2) is 5.82 Å². The highest BCUT2D eigenvalue weighted by Gasteiger charge is 2.49. The Hall–Kier alpha value is -3.86. The Morgan fingerprint density at radius 2 is 2.11 bits per heavy atom. The van der Waals surface area contributed by atoms with Gasteiger partial charge < -0.3 is 20.1 Å². The van der Waals surface area contributed by atoms with Gasteiger partial charge in [-0.1, -0.05) is 17.7 Å². The van der Waals surface area contributed by atoms with Gasteiger partial charge in [0.05, 0.1) is 33.9 Å². The third kappa shape index (κ3) is 4.81. The van der Waals surface area contributed by atoms with E-state index in [-0.39, 0.29) is 72.8 Å². The topological polar surface area (TPSA) is 118 Å². The van der Waals surface area contributed by atoms with Gasteiger partial charge in [0.25, 0.3) is 0 Å². The summed E-state index contributed by atoms with van der Waals surface area (Å²) in [6, 6.07) is 5.97. The summed E-state index contributed by atoms with van der Waals surface area (Å²) in [5.74, 6) is -1.85. The van der Waals surface area contributed by atoms with Crippen molar-refractivity contribution in [2.45, 2.75) is 37.4 Å². The molecule has 234 valence electrons. The number of nitrogen functional groups attached to an aromatic ring is 1. The van der Waals surface area contributed by atoms with Gasteiger partial charge in [0, 0.05) is 42.4 Å². The Balaban J connectivity index is 1.38. The molecule has 3 saturated heterocycles. The molecule has 0 saturated carbocycles. The molecule has 2 aromatic heterocycles. The van der Waals surface area contributed by atoms with E-state index in [4.69, 9.17) is 26.8 Å². The maximum absolute atomic E-state index is 16.8. The molecule has 4 aromatic rings. The maximum Gasteiger partial charge on any atom is 0.319 e. The van der Waals surface area contributed by atoms with Crippen LogP contribution in [0.3, 0.4) is 0 Å². The molecule has 0 bridgehead atoms. The van der Waals surface area contributed by atoms with Gasteiger partial charge in [-0.05, 0) is 43.5 Å². The van der Waals surface area contributed by atoms with E-state index in [2.05, 4.69) is 14.9 Å². The van der Waals surface area contributed by atoms with E-state index in [0.717, 1.165) is 30.7 Å². The zero-order chi connectivity index (χ0) is 31.6. The molecule has 45 heavy (non-hydrogen) atoms. The van der Waals surface area contributed by atoms with Gasteiger partial charge in [-0.25, -0.2) is 13.2 Å². The molecular weight excluding hydrogens is 629 g/mol. The van der Waals surface area contributed by atoms with Crippen LogP contribution in [0.25, 0.3) is 32.1 Å². The minimum Gasteiger partial charge on any atom is -0.469 e. The number of carbonyl (C=O) groups excluding carboxylic acids is 1. The van der Waals surface area contributed by atoms with Crippen molar-refractivity contribution >= 4 is 60.7 Å². The lowest BCUT2D eigenvalue weighted by Crippen LogP contribution is -2.43. The SMILES string of the molecule is COC(=O)C1CCN(c2nc(OC[C@@]34CCCN3C[C@H](F)C4)nc3c(F)c(-c4ccc(F)c5sc(N)c(C#N)c45)c(Cl)cc23)C1. The number of halogens is 4. The van der Waals surface area contributed by atoms with Gasteiger partial charge in [-0.15, -0.1) is 11.3 Å². The Kier molecular flexibility index (Phi) is 7.42. The molecule has 0 radical (unpaired) electrons. The normalized spacial score (nSPS) is 23.2. The Bertz CT molecular complexity index is 1920. The van der Waals surface area contributed by atoms with Crippen molar-refractivity contribution in [1.82, 2.24) is 14.9 Å². The molecule has 1 unspecified atom stereocenters. The summed E-state index contributed by atoms with van der Waals surface area (Å²) >= 11 is 7.66. The average Bonchev–Trinajstić information content (AvgIpc) is 3.79. The van der Waals surface area contributed by atoms with Gasteiger partial charge in [0.2, 0.25) is 0 Å². The van der Waals surface area contributed by atoms with Crippen molar-refractivity contribution in [2.24, 2.45) is 5.92 Å². The number of esters is 1. The average molecular weight is 657 g/mol. The number of aromatic nitrogens is 2. The van der Waals surface area contributed by atoms with Crippen LogP contribution in [-0.2, 0) is 9.53 Å². The molecule has 7 rings (SSSR count). The molecule has 0 amide bonds. The van der Waals surface area contributed by atoms with Gasteiger partial charge >= 0.3 is 12.0 Å². The first kappa shape index (κ1) is 29.8. The number of nitrogens with two attached hydrogens (primary N) is 1. The van der Waals surface area contributed by atoms with E-state index in [1.165, 1.54) is 25.3 Å². The summed E-state index contributed by atoms with van der Waals surface area (Å²) in [5, 5.41) is 10.3. The van der Waals surface area contributed by atoms with E-state index in [1.807, 2.05) is 11.0 Å². The number of anilines is 2. The second-order valence-corrected chi connectivity index (χ2v) is 13.3. The highest BCUT2D eigenvalue weighted by Crippen LogP contribution is 2.46. The predicted molar refractivity (Wildman–Crippen MR) is 165 cm³/mol. The third-order valence-electron chi connectivity index (χ3n) is 9.29. The Morgan fingerprint density at radius 1 is 1.29 bits per heavy atom. The lowest BCUT2D eigenvalue weighted by molar-refractivity contribution is -0.144. The summed E-state index contributed by atoms with van der Waals surface area (Å²) in [7, 11) is 1.33. The number of carbonyl (C=O) groups is 1. The van der Waals surface area contributed by atoms with Gasteiger partial charge in [-0.3, -0.25) is 9.69 Å². The van der Waals surface area contributed by atoms with Crippen LogP contribution in [0.4, 0.5) is 24.0 Å². The molecule has 2 N–H and O–H groups in total. The number of rotatable bonds is 6. The molecule has 3 atom stereocenters. The van der Waals surface area contributed by atoms with Crippen molar-refractivity contribution in [1.29, 1.82) is 5.26 Å². The highest BCUT2D eigenvalue weighted by atomic mass is 35.5. The number of ether oxygens (including phenoxy) is 2. The summed E-state index contributed by atoms with van der Waals surface area (Å²) in [5.41, 5.74) is 5.57. The number of alkyl halides is 1. The number of nitriles is 1. The number of hydrogen-bond donors (Lipinski definition) is 1. The van der Waals surface area contributed by atoms with Crippen LogP contribution >= 0.6 is 22.9 Å². The molecule has 9 nitrogen and oxygen atoms in total. The monoisotopic (exact) mass is 656 g/mol. The van der Waals surface area contributed by atoms with Crippen molar-refractivity contribution < 1.29 is 27.4 Å². The summed E-state index contributed by atoms with van der Waals surface area (Å²) in [4.78, 5) is 25.4. The molecule has 2 aromatic carbocycles. The summed E-state index contributed by atoms with van der Waals surface area (Å²) in [6.45, 7) is 1.96.